The zero-order valence-electron chi connectivity index (χ0n) is 13.6. The molecule has 118 valence electrons. The third-order valence-corrected chi connectivity index (χ3v) is 4.33. The number of hydrogen-bond donors (Lipinski definition) is 1. The number of carbonyl (C=O) groups is 1. The Bertz CT molecular complexity index is 651. The second kappa shape index (κ2) is 6.53. The van der Waals surface area contributed by atoms with Crippen molar-refractivity contribution in [1.29, 1.82) is 0 Å². The molecule has 2 aromatic rings. The van der Waals surface area contributed by atoms with Gasteiger partial charge in [0.2, 0.25) is 0 Å². The number of ether oxygens (including phenoxy) is 1. The molecule has 2 rings (SSSR count). The third-order valence-electron chi connectivity index (χ3n) is 3.52. The predicted molar refractivity (Wildman–Crippen MR) is 93.4 cm³/mol. The first kappa shape index (κ1) is 16.6. The van der Waals surface area contributed by atoms with Gasteiger partial charge in [-0.05, 0) is 23.0 Å². The summed E-state index contributed by atoms with van der Waals surface area (Å²) in [5.41, 5.74) is 9.66. The lowest BCUT2D eigenvalue weighted by Gasteiger charge is -2.19. The molecule has 3 nitrogen and oxygen atoms in total. The van der Waals surface area contributed by atoms with Crippen LogP contribution in [0.2, 0.25) is 0 Å². The van der Waals surface area contributed by atoms with Gasteiger partial charge in [-0.2, -0.15) is 0 Å². The minimum Gasteiger partial charge on any atom is -0.462 e. The normalized spacial score (nSPS) is 11.5. The van der Waals surface area contributed by atoms with E-state index >= 15 is 0 Å². The van der Waals surface area contributed by atoms with E-state index in [2.05, 4.69) is 32.9 Å². The molecule has 2 N–H and O–H groups in total. The zero-order valence-corrected chi connectivity index (χ0v) is 14.4. The van der Waals surface area contributed by atoms with Crippen LogP contribution in [-0.2, 0) is 10.2 Å². The molecule has 0 bridgehead atoms. The van der Waals surface area contributed by atoms with E-state index in [4.69, 9.17) is 10.5 Å². The van der Waals surface area contributed by atoms with Gasteiger partial charge in [-0.1, -0.05) is 52.0 Å². The molecule has 22 heavy (non-hydrogen) atoms. The number of rotatable bonds is 4. The van der Waals surface area contributed by atoms with E-state index in [1.54, 1.807) is 0 Å². The summed E-state index contributed by atoms with van der Waals surface area (Å²) in [6.45, 7) is 8.92. The Hall–Kier alpha value is -1.81. The van der Waals surface area contributed by atoms with Gasteiger partial charge in [0.25, 0.3) is 0 Å². The van der Waals surface area contributed by atoms with Gasteiger partial charge < -0.3 is 10.5 Å². The van der Waals surface area contributed by atoms with Gasteiger partial charge >= 0.3 is 5.97 Å². The van der Waals surface area contributed by atoms with Crippen LogP contribution in [0.3, 0.4) is 0 Å². The molecule has 0 aliphatic heterocycles. The zero-order chi connectivity index (χ0) is 16.3. The van der Waals surface area contributed by atoms with Crippen molar-refractivity contribution in [3.8, 4) is 11.1 Å². The highest BCUT2D eigenvalue weighted by molar-refractivity contribution is 7.14. The van der Waals surface area contributed by atoms with Gasteiger partial charge in [0.1, 0.15) is 10.6 Å². The molecule has 0 saturated carbocycles. The van der Waals surface area contributed by atoms with Crippen LogP contribution in [0.4, 0.5) is 5.00 Å². The van der Waals surface area contributed by atoms with Crippen molar-refractivity contribution in [3.63, 3.8) is 0 Å². The maximum absolute atomic E-state index is 12.2. The lowest BCUT2D eigenvalue weighted by molar-refractivity contribution is 0.0508. The van der Waals surface area contributed by atoms with Crippen molar-refractivity contribution >= 4 is 22.3 Å². The highest BCUT2D eigenvalue weighted by Crippen LogP contribution is 2.35. The van der Waals surface area contributed by atoms with E-state index in [1.807, 2.05) is 24.4 Å². The Morgan fingerprint density at radius 3 is 2.41 bits per heavy atom. The van der Waals surface area contributed by atoms with E-state index in [9.17, 15) is 4.79 Å². The summed E-state index contributed by atoms with van der Waals surface area (Å²) in [6.07, 6.45) is 0.797. The molecule has 1 aromatic heterocycles. The van der Waals surface area contributed by atoms with Gasteiger partial charge in [0, 0.05) is 10.9 Å². The summed E-state index contributed by atoms with van der Waals surface area (Å²) >= 11 is 1.37. The lowest BCUT2D eigenvalue weighted by atomic mass is 9.86. The molecule has 0 aliphatic rings. The smallest absolute Gasteiger partial charge is 0.341 e. The molecular weight excluding hydrogens is 294 g/mol. The molecule has 0 radical (unpaired) electrons. The molecule has 0 amide bonds. The topological polar surface area (TPSA) is 52.3 Å². The number of hydrogen-bond acceptors (Lipinski definition) is 4. The Morgan fingerprint density at radius 2 is 1.86 bits per heavy atom. The Balaban J connectivity index is 2.35. The number of anilines is 1. The first-order chi connectivity index (χ1) is 10.3. The van der Waals surface area contributed by atoms with Crippen LogP contribution in [0.1, 0.15) is 50.0 Å². The minimum atomic E-state index is -0.338. The molecule has 0 aliphatic carbocycles. The van der Waals surface area contributed by atoms with Gasteiger partial charge in [-0.25, -0.2) is 4.79 Å². The first-order valence-corrected chi connectivity index (χ1v) is 8.37. The van der Waals surface area contributed by atoms with Crippen molar-refractivity contribution < 1.29 is 9.53 Å². The van der Waals surface area contributed by atoms with Crippen LogP contribution in [0.25, 0.3) is 11.1 Å². The fourth-order valence-electron chi connectivity index (χ4n) is 2.21. The monoisotopic (exact) mass is 317 g/mol. The summed E-state index contributed by atoms with van der Waals surface area (Å²) in [6, 6.07) is 8.28. The largest absolute Gasteiger partial charge is 0.462 e. The summed E-state index contributed by atoms with van der Waals surface area (Å²) in [5.74, 6) is -0.338. The minimum absolute atomic E-state index is 0.106. The van der Waals surface area contributed by atoms with Crippen LogP contribution in [-0.4, -0.2) is 12.6 Å². The van der Waals surface area contributed by atoms with E-state index in [0.29, 0.717) is 17.2 Å². The molecule has 1 heterocycles. The van der Waals surface area contributed by atoms with E-state index in [0.717, 1.165) is 17.5 Å². The van der Waals surface area contributed by atoms with Gasteiger partial charge in [-0.3, -0.25) is 0 Å². The summed E-state index contributed by atoms with van der Waals surface area (Å²) in [5, 5.41) is 2.43. The Labute approximate surface area is 136 Å². The standard InChI is InChI=1S/C18H23NO2S/c1-5-10-21-17(20)15-14(11-22-16(15)19)12-6-8-13(9-7-12)18(2,3)4/h6-9,11H,5,10,19H2,1-4H3. The maximum atomic E-state index is 12.2. The van der Waals surface area contributed by atoms with Crippen molar-refractivity contribution in [3.05, 3.63) is 40.8 Å². The number of esters is 1. The first-order valence-electron chi connectivity index (χ1n) is 7.49. The Kier molecular flexibility index (Phi) is 4.91. The average Bonchev–Trinajstić information content (AvgIpc) is 2.86. The number of thiophene rings is 1. The van der Waals surface area contributed by atoms with Gasteiger partial charge in [0.15, 0.2) is 0 Å². The number of benzene rings is 1. The van der Waals surface area contributed by atoms with Crippen molar-refractivity contribution in [1.82, 2.24) is 0 Å². The number of nitrogen functional groups attached to an aromatic ring is 1. The molecule has 0 atom stereocenters. The fourth-order valence-corrected chi connectivity index (χ4v) is 3.02. The highest BCUT2D eigenvalue weighted by Gasteiger charge is 2.20. The average molecular weight is 317 g/mol. The molecule has 0 saturated heterocycles. The van der Waals surface area contributed by atoms with E-state index < -0.39 is 0 Å². The molecule has 4 heteroatoms. The summed E-state index contributed by atoms with van der Waals surface area (Å²) < 4.78 is 5.24. The van der Waals surface area contributed by atoms with Crippen LogP contribution < -0.4 is 5.73 Å². The van der Waals surface area contributed by atoms with Crippen molar-refractivity contribution in [2.45, 2.75) is 39.5 Å². The van der Waals surface area contributed by atoms with Crippen molar-refractivity contribution in [2.24, 2.45) is 0 Å². The number of nitrogens with two attached hydrogens (primary N) is 1. The van der Waals surface area contributed by atoms with Crippen molar-refractivity contribution in [2.75, 3.05) is 12.3 Å². The summed E-state index contributed by atoms with van der Waals surface area (Å²) in [4.78, 5) is 12.2. The molecule has 0 spiro atoms. The van der Waals surface area contributed by atoms with Gasteiger partial charge in [0.05, 0.1) is 6.61 Å². The molecular formula is C18H23NO2S. The second-order valence-electron chi connectivity index (χ2n) is 6.35. The van der Waals surface area contributed by atoms with Gasteiger partial charge in [-0.15, -0.1) is 11.3 Å². The summed E-state index contributed by atoms with van der Waals surface area (Å²) in [7, 11) is 0. The fraction of sp³-hybridized carbons (Fsp3) is 0.389. The molecule has 1 aromatic carbocycles. The molecule has 0 fully saturated rings. The Morgan fingerprint density at radius 1 is 1.23 bits per heavy atom. The van der Waals surface area contributed by atoms with Crippen LogP contribution >= 0.6 is 11.3 Å². The highest BCUT2D eigenvalue weighted by atomic mass is 32.1. The van der Waals surface area contributed by atoms with E-state index in [-0.39, 0.29) is 11.4 Å². The predicted octanol–water partition coefficient (Wildman–Crippen LogP) is 4.86. The molecule has 0 unspecified atom stereocenters. The maximum Gasteiger partial charge on any atom is 0.341 e. The number of carbonyl (C=O) groups excluding carboxylic acids is 1. The third kappa shape index (κ3) is 3.50. The van der Waals surface area contributed by atoms with Crippen LogP contribution in [0.15, 0.2) is 29.6 Å². The van der Waals surface area contributed by atoms with Crippen LogP contribution in [0, 0.1) is 0 Å². The lowest BCUT2D eigenvalue weighted by Crippen LogP contribution is -2.10. The quantitative estimate of drug-likeness (QED) is 0.819. The SMILES string of the molecule is CCCOC(=O)c1c(-c2ccc(C(C)(C)C)cc2)csc1N. The van der Waals surface area contributed by atoms with Crippen LogP contribution in [0.5, 0.6) is 0 Å². The second-order valence-corrected chi connectivity index (χ2v) is 7.26. The van der Waals surface area contributed by atoms with E-state index in [1.165, 1.54) is 16.9 Å².